The van der Waals surface area contributed by atoms with Gasteiger partial charge in [0.15, 0.2) is 17.0 Å². The number of hydrogen-bond donors (Lipinski definition) is 1. The Morgan fingerprint density at radius 1 is 1.04 bits per heavy atom. The number of imidazole rings is 1. The molecule has 0 saturated heterocycles. The lowest BCUT2D eigenvalue weighted by Crippen LogP contribution is -2.23. The molecule has 4 rings (SSSR count). The minimum Gasteiger partial charge on any atom is -0.365 e. The predicted molar refractivity (Wildman–Crippen MR) is 92.2 cm³/mol. The highest BCUT2D eigenvalue weighted by Crippen LogP contribution is 2.27. The van der Waals surface area contributed by atoms with Crippen LogP contribution in [0.4, 0.5) is 5.82 Å². The SMILES string of the molecule is Cn1c(-c2ccccc2)nc2c(NC3CCCCC3)ncnc21. The molecule has 1 fully saturated rings. The third kappa shape index (κ3) is 2.67. The summed E-state index contributed by atoms with van der Waals surface area (Å²) in [6, 6.07) is 10.7. The zero-order chi connectivity index (χ0) is 15.6. The van der Waals surface area contributed by atoms with Gasteiger partial charge in [-0.1, -0.05) is 49.6 Å². The molecule has 2 heterocycles. The molecular weight excluding hydrogens is 286 g/mol. The largest absolute Gasteiger partial charge is 0.365 e. The van der Waals surface area contributed by atoms with Crippen LogP contribution in [0.25, 0.3) is 22.6 Å². The van der Waals surface area contributed by atoms with Crippen LogP contribution in [-0.2, 0) is 7.05 Å². The minimum absolute atomic E-state index is 0.504. The topological polar surface area (TPSA) is 55.6 Å². The number of anilines is 1. The minimum atomic E-state index is 0.504. The van der Waals surface area contributed by atoms with Crippen molar-refractivity contribution in [3.8, 4) is 11.4 Å². The van der Waals surface area contributed by atoms with Gasteiger partial charge >= 0.3 is 0 Å². The zero-order valence-electron chi connectivity index (χ0n) is 13.4. The van der Waals surface area contributed by atoms with Crippen LogP contribution >= 0.6 is 0 Å². The summed E-state index contributed by atoms with van der Waals surface area (Å²) >= 11 is 0. The molecule has 0 bridgehead atoms. The van der Waals surface area contributed by atoms with Crippen molar-refractivity contribution < 1.29 is 0 Å². The molecule has 5 heteroatoms. The maximum atomic E-state index is 4.82. The van der Waals surface area contributed by atoms with Crippen molar-refractivity contribution in [2.45, 2.75) is 38.1 Å². The lowest BCUT2D eigenvalue weighted by molar-refractivity contribution is 0.462. The number of benzene rings is 1. The van der Waals surface area contributed by atoms with Gasteiger partial charge in [0.25, 0.3) is 0 Å². The molecule has 1 saturated carbocycles. The highest BCUT2D eigenvalue weighted by Gasteiger charge is 2.18. The van der Waals surface area contributed by atoms with Crippen molar-refractivity contribution in [2.75, 3.05) is 5.32 Å². The third-order valence-corrected chi connectivity index (χ3v) is 4.63. The lowest BCUT2D eigenvalue weighted by atomic mass is 9.95. The van der Waals surface area contributed by atoms with Crippen molar-refractivity contribution in [2.24, 2.45) is 7.05 Å². The first-order valence-electron chi connectivity index (χ1n) is 8.32. The van der Waals surface area contributed by atoms with Crippen LogP contribution in [0.5, 0.6) is 0 Å². The van der Waals surface area contributed by atoms with E-state index in [2.05, 4.69) is 27.4 Å². The highest BCUT2D eigenvalue weighted by atomic mass is 15.2. The van der Waals surface area contributed by atoms with Crippen LogP contribution in [0.3, 0.4) is 0 Å². The second kappa shape index (κ2) is 5.99. The Bertz CT molecular complexity index is 803. The van der Waals surface area contributed by atoms with E-state index < -0.39 is 0 Å². The van der Waals surface area contributed by atoms with Crippen LogP contribution in [0.15, 0.2) is 36.7 Å². The van der Waals surface area contributed by atoms with Crippen LogP contribution in [0.2, 0.25) is 0 Å². The normalized spacial score (nSPS) is 15.9. The Morgan fingerprint density at radius 2 is 1.83 bits per heavy atom. The van der Waals surface area contributed by atoms with Crippen LogP contribution in [0.1, 0.15) is 32.1 Å². The average molecular weight is 307 g/mol. The van der Waals surface area contributed by atoms with E-state index in [4.69, 9.17) is 4.98 Å². The Hall–Kier alpha value is -2.43. The Labute approximate surface area is 135 Å². The summed E-state index contributed by atoms with van der Waals surface area (Å²) in [5.74, 6) is 1.78. The fourth-order valence-corrected chi connectivity index (χ4v) is 3.39. The quantitative estimate of drug-likeness (QED) is 0.800. The second-order valence-corrected chi connectivity index (χ2v) is 6.23. The summed E-state index contributed by atoms with van der Waals surface area (Å²) in [4.78, 5) is 13.7. The van der Waals surface area contributed by atoms with Gasteiger partial charge in [-0.25, -0.2) is 15.0 Å². The fourth-order valence-electron chi connectivity index (χ4n) is 3.39. The molecule has 1 aliphatic rings. The van der Waals surface area contributed by atoms with Crippen LogP contribution < -0.4 is 5.32 Å². The molecule has 0 aliphatic heterocycles. The molecule has 0 spiro atoms. The molecule has 0 radical (unpaired) electrons. The third-order valence-electron chi connectivity index (χ3n) is 4.63. The van der Waals surface area contributed by atoms with Crippen LogP contribution in [0, 0.1) is 0 Å². The number of nitrogens with zero attached hydrogens (tertiary/aromatic N) is 4. The van der Waals surface area contributed by atoms with Crippen molar-refractivity contribution in [1.82, 2.24) is 19.5 Å². The first-order valence-corrected chi connectivity index (χ1v) is 8.32. The summed E-state index contributed by atoms with van der Waals surface area (Å²) in [6.07, 6.45) is 7.99. The van der Waals surface area contributed by atoms with E-state index in [9.17, 15) is 0 Å². The van der Waals surface area contributed by atoms with Crippen molar-refractivity contribution in [1.29, 1.82) is 0 Å². The van der Waals surface area contributed by atoms with E-state index in [1.807, 2.05) is 29.8 Å². The molecule has 0 atom stereocenters. The van der Waals surface area contributed by atoms with E-state index in [-0.39, 0.29) is 0 Å². The van der Waals surface area contributed by atoms with Crippen LogP contribution in [-0.4, -0.2) is 25.6 Å². The number of fused-ring (bicyclic) bond motifs is 1. The monoisotopic (exact) mass is 307 g/mol. The van der Waals surface area contributed by atoms with Gasteiger partial charge in [0.05, 0.1) is 0 Å². The van der Waals surface area contributed by atoms with E-state index in [0.717, 1.165) is 28.4 Å². The highest BCUT2D eigenvalue weighted by molar-refractivity contribution is 5.86. The van der Waals surface area contributed by atoms with Gasteiger partial charge in [-0.15, -0.1) is 0 Å². The predicted octanol–water partition coefficient (Wildman–Crippen LogP) is 3.77. The number of aromatic nitrogens is 4. The van der Waals surface area contributed by atoms with E-state index in [1.54, 1.807) is 6.33 Å². The summed E-state index contributed by atoms with van der Waals surface area (Å²) in [5, 5.41) is 3.59. The van der Waals surface area contributed by atoms with E-state index >= 15 is 0 Å². The molecular formula is C18H21N5. The molecule has 2 aromatic heterocycles. The molecule has 0 amide bonds. The molecule has 118 valence electrons. The summed E-state index contributed by atoms with van der Waals surface area (Å²) in [6.45, 7) is 0. The van der Waals surface area contributed by atoms with Crippen molar-refractivity contribution >= 4 is 17.0 Å². The Kier molecular flexibility index (Phi) is 3.69. The first kappa shape index (κ1) is 14.2. The number of hydrogen-bond acceptors (Lipinski definition) is 4. The molecule has 3 aromatic rings. The lowest BCUT2D eigenvalue weighted by Gasteiger charge is -2.23. The smallest absolute Gasteiger partial charge is 0.165 e. The molecule has 5 nitrogen and oxygen atoms in total. The van der Waals surface area contributed by atoms with E-state index in [0.29, 0.717) is 6.04 Å². The number of aryl methyl sites for hydroxylation is 1. The van der Waals surface area contributed by atoms with Gasteiger partial charge in [-0.05, 0) is 12.8 Å². The van der Waals surface area contributed by atoms with E-state index in [1.165, 1.54) is 32.1 Å². The molecule has 23 heavy (non-hydrogen) atoms. The van der Waals surface area contributed by atoms with Gasteiger partial charge in [0, 0.05) is 18.7 Å². The maximum absolute atomic E-state index is 4.82. The summed E-state index contributed by atoms with van der Waals surface area (Å²) < 4.78 is 2.04. The Morgan fingerprint density at radius 3 is 2.61 bits per heavy atom. The zero-order valence-corrected chi connectivity index (χ0v) is 13.4. The molecule has 0 unspecified atom stereocenters. The van der Waals surface area contributed by atoms with Gasteiger partial charge in [0.2, 0.25) is 0 Å². The van der Waals surface area contributed by atoms with Gasteiger partial charge in [-0.3, -0.25) is 0 Å². The number of rotatable bonds is 3. The van der Waals surface area contributed by atoms with Gasteiger partial charge < -0.3 is 9.88 Å². The number of nitrogens with one attached hydrogen (secondary N) is 1. The van der Waals surface area contributed by atoms with Crippen molar-refractivity contribution in [3.63, 3.8) is 0 Å². The van der Waals surface area contributed by atoms with Crippen molar-refractivity contribution in [3.05, 3.63) is 36.7 Å². The molecule has 1 N–H and O–H groups in total. The average Bonchev–Trinajstić information content (AvgIpc) is 2.95. The summed E-state index contributed by atoms with van der Waals surface area (Å²) in [5.41, 5.74) is 2.83. The molecule has 1 aliphatic carbocycles. The standard InChI is InChI=1S/C18H21N5/c1-23-17(13-8-4-2-5-9-13)22-15-16(19-12-20-18(15)23)21-14-10-6-3-7-11-14/h2,4-5,8-9,12,14H,3,6-7,10-11H2,1H3,(H,19,20,21). The fraction of sp³-hybridized carbons (Fsp3) is 0.389. The first-order chi connectivity index (χ1) is 11.3. The molecule has 1 aromatic carbocycles. The summed E-state index contributed by atoms with van der Waals surface area (Å²) in [7, 11) is 2.01. The maximum Gasteiger partial charge on any atom is 0.165 e. The van der Waals surface area contributed by atoms with Gasteiger partial charge in [0.1, 0.15) is 12.2 Å². The second-order valence-electron chi connectivity index (χ2n) is 6.23. The van der Waals surface area contributed by atoms with Gasteiger partial charge in [-0.2, -0.15) is 0 Å². The Balaban J connectivity index is 1.75.